The summed E-state index contributed by atoms with van der Waals surface area (Å²) in [7, 11) is 0. The Morgan fingerprint density at radius 3 is 1.98 bits per heavy atom. The first-order valence-corrected chi connectivity index (χ1v) is 17.3. The highest BCUT2D eigenvalue weighted by Gasteiger charge is 2.39. The second kappa shape index (κ2) is 11.3. The van der Waals surface area contributed by atoms with Gasteiger partial charge in [0.15, 0.2) is 28.8 Å². The number of hydrogen-bond donors (Lipinski definition) is 0. The SMILES string of the molecule is CC1(C)c2ccccc2-c2c1ccc1c2Oc2cccc(-c3cccc(-c4cc(-c5ccccc5)nc(-c5cccc6ccccc56)n4)c3)c2O1. The number of ether oxygens (including phenoxy) is 2. The van der Waals surface area contributed by atoms with Gasteiger partial charge in [0.25, 0.3) is 0 Å². The minimum Gasteiger partial charge on any atom is -0.449 e. The fraction of sp³-hybridized carbons (Fsp3) is 0.0638. The molecular weight excluding hydrogens is 625 g/mol. The van der Waals surface area contributed by atoms with Gasteiger partial charge in [0, 0.05) is 33.2 Å². The van der Waals surface area contributed by atoms with Crippen molar-refractivity contribution in [3.63, 3.8) is 0 Å². The molecule has 1 aliphatic heterocycles. The number of para-hydroxylation sites is 1. The summed E-state index contributed by atoms with van der Waals surface area (Å²) in [6.45, 7) is 4.55. The van der Waals surface area contributed by atoms with Crippen LogP contribution in [-0.2, 0) is 5.41 Å². The van der Waals surface area contributed by atoms with Gasteiger partial charge in [0.1, 0.15) is 0 Å². The fourth-order valence-electron chi connectivity index (χ4n) is 7.81. The van der Waals surface area contributed by atoms with E-state index in [2.05, 4.69) is 141 Å². The van der Waals surface area contributed by atoms with Crippen LogP contribution < -0.4 is 9.47 Å². The molecule has 1 aliphatic carbocycles. The standard InChI is InChI=1S/C47H32N2O2/c1-47(2)37-23-9-8-20-36(37)43-38(47)25-26-42-45(43)51-41-24-12-21-34(44(41)50-42)31-17-10-18-32(27-31)40-28-39(30-14-4-3-5-15-30)48-46(49-40)35-22-11-16-29-13-6-7-19-33(29)35/h3-28H,1-2H3. The van der Waals surface area contributed by atoms with Gasteiger partial charge < -0.3 is 9.47 Å². The van der Waals surface area contributed by atoms with Crippen molar-refractivity contribution in [1.82, 2.24) is 9.97 Å². The number of fused-ring (bicyclic) bond motifs is 7. The van der Waals surface area contributed by atoms with Crippen LogP contribution in [0.15, 0.2) is 158 Å². The molecule has 0 atom stereocenters. The zero-order valence-electron chi connectivity index (χ0n) is 28.2. The average molecular weight is 657 g/mol. The van der Waals surface area contributed by atoms with Crippen molar-refractivity contribution in [1.29, 1.82) is 0 Å². The van der Waals surface area contributed by atoms with Crippen LogP contribution in [0, 0.1) is 0 Å². The van der Waals surface area contributed by atoms with Crippen LogP contribution in [0.25, 0.3) is 66.9 Å². The molecule has 51 heavy (non-hydrogen) atoms. The summed E-state index contributed by atoms with van der Waals surface area (Å²) in [5.74, 6) is 3.60. The quantitative estimate of drug-likeness (QED) is 0.189. The lowest BCUT2D eigenvalue weighted by Gasteiger charge is -2.26. The van der Waals surface area contributed by atoms with Crippen LogP contribution >= 0.6 is 0 Å². The molecular formula is C47H32N2O2. The minimum atomic E-state index is -0.123. The molecule has 7 aromatic carbocycles. The second-order valence-electron chi connectivity index (χ2n) is 13.8. The van der Waals surface area contributed by atoms with Crippen LogP contribution in [0.5, 0.6) is 23.0 Å². The number of benzene rings is 7. The topological polar surface area (TPSA) is 44.2 Å². The van der Waals surface area contributed by atoms with E-state index in [-0.39, 0.29) is 5.41 Å². The zero-order chi connectivity index (χ0) is 34.1. The Morgan fingerprint density at radius 2 is 1.08 bits per heavy atom. The molecule has 0 fully saturated rings. The first-order valence-electron chi connectivity index (χ1n) is 17.3. The summed E-state index contributed by atoms with van der Waals surface area (Å²) < 4.78 is 13.5. The van der Waals surface area contributed by atoms with E-state index < -0.39 is 0 Å². The molecule has 4 heteroatoms. The highest BCUT2D eigenvalue weighted by molar-refractivity contribution is 5.96. The number of aromatic nitrogens is 2. The monoisotopic (exact) mass is 656 g/mol. The molecule has 0 N–H and O–H groups in total. The van der Waals surface area contributed by atoms with E-state index in [0.29, 0.717) is 17.3 Å². The van der Waals surface area contributed by atoms with E-state index in [1.54, 1.807) is 0 Å². The molecule has 1 aromatic heterocycles. The summed E-state index contributed by atoms with van der Waals surface area (Å²) in [5.41, 5.74) is 11.5. The third-order valence-electron chi connectivity index (χ3n) is 10.4. The Labute approximate surface area is 296 Å². The van der Waals surface area contributed by atoms with Gasteiger partial charge in [-0.1, -0.05) is 147 Å². The average Bonchev–Trinajstić information content (AvgIpc) is 3.43. The summed E-state index contributed by atoms with van der Waals surface area (Å²) in [4.78, 5) is 10.3. The van der Waals surface area contributed by atoms with Gasteiger partial charge in [-0.3, -0.25) is 0 Å². The summed E-state index contributed by atoms with van der Waals surface area (Å²) in [5, 5.41) is 2.28. The first kappa shape index (κ1) is 29.4. The molecule has 0 bridgehead atoms. The van der Waals surface area contributed by atoms with Crippen molar-refractivity contribution in [2.45, 2.75) is 19.3 Å². The van der Waals surface area contributed by atoms with Gasteiger partial charge in [-0.15, -0.1) is 0 Å². The van der Waals surface area contributed by atoms with E-state index in [9.17, 15) is 0 Å². The largest absolute Gasteiger partial charge is 0.449 e. The maximum atomic E-state index is 6.77. The maximum absolute atomic E-state index is 6.77. The molecule has 0 spiro atoms. The molecule has 0 amide bonds. The van der Waals surface area contributed by atoms with Gasteiger partial charge in [-0.05, 0) is 57.3 Å². The molecule has 2 aliphatic rings. The molecule has 0 radical (unpaired) electrons. The molecule has 4 nitrogen and oxygen atoms in total. The summed E-state index contributed by atoms with van der Waals surface area (Å²) in [6, 6.07) is 54.5. The van der Waals surface area contributed by atoms with Gasteiger partial charge in [0.2, 0.25) is 0 Å². The Bertz CT molecular complexity index is 2670. The normalized spacial score (nSPS) is 13.4. The number of nitrogens with zero attached hydrogens (tertiary/aromatic N) is 2. The van der Waals surface area contributed by atoms with Crippen molar-refractivity contribution >= 4 is 10.8 Å². The molecule has 2 heterocycles. The lowest BCUT2D eigenvalue weighted by Crippen LogP contribution is -2.15. The molecule has 0 unspecified atom stereocenters. The van der Waals surface area contributed by atoms with E-state index >= 15 is 0 Å². The Kier molecular flexibility index (Phi) is 6.49. The van der Waals surface area contributed by atoms with Crippen LogP contribution in [0.4, 0.5) is 0 Å². The Morgan fingerprint density at radius 1 is 0.451 bits per heavy atom. The highest BCUT2D eigenvalue weighted by Crippen LogP contribution is 2.59. The van der Waals surface area contributed by atoms with Crippen LogP contribution in [-0.4, -0.2) is 9.97 Å². The lowest BCUT2D eigenvalue weighted by atomic mass is 9.82. The predicted molar refractivity (Wildman–Crippen MR) is 205 cm³/mol. The Hall–Kier alpha value is -6.52. The predicted octanol–water partition coefficient (Wildman–Crippen LogP) is 12.5. The van der Waals surface area contributed by atoms with E-state index in [0.717, 1.165) is 67.0 Å². The third-order valence-corrected chi connectivity index (χ3v) is 10.4. The van der Waals surface area contributed by atoms with E-state index in [1.165, 1.54) is 16.7 Å². The first-order chi connectivity index (χ1) is 25.0. The zero-order valence-corrected chi connectivity index (χ0v) is 28.2. The van der Waals surface area contributed by atoms with Crippen molar-refractivity contribution in [2.24, 2.45) is 0 Å². The van der Waals surface area contributed by atoms with Crippen LogP contribution in [0.2, 0.25) is 0 Å². The number of rotatable bonds is 4. The van der Waals surface area contributed by atoms with E-state index in [4.69, 9.17) is 19.4 Å². The molecule has 10 rings (SSSR count). The van der Waals surface area contributed by atoms with Crippen molar-refractivity contribution in [3.05, 3.63) is 169 Å². The highest BCUT2D eigenvalue weighted by atomic mass is 16.6. The second-order valence-corrected chi connectivity index (χ2v) is 13.8. The van der Waals surface area contributed by atoms with Gasteiger partial charge >= 0.3 is 0 Å². The minimum absolute atomic E-state index is 0.123. The van der Waals surface area contributed by atoms with Gasteiger partial charge in [-0.2, -0.15) is 0 Å². The van der Waals surface area contributed by atoms with Crippen LogP contribution in [0.1, 0.15) is 25.0 Å². The van der Waals surface area contributed by atoms with E-state index in [1.807, 2.05) is 30.3 Å². The maximum Gasteiger partial charge on any atom is 0.178 e. The smallest absolute Gasteiger partial charge is 0.178 e. The lowest BCUT2D eigenvalue weighted by molar-refractivity contribution is 0.361. The van der Waals surface area contributed by atoms with Gasteiger partial charge in [-0.25, -0.2) is 9.97 Å². The molecule has 242 valence electrons. The molecule has 0 saturated heterocycles. The van der Waals surface area contributed by atoms with Gasteiger partial charge in [0.05, 0.1) is 11.4 Å². The van der Waals surface area contributed by atoms with Crippen molar-refractivity contribution < 1.29 is 9.47 Å². The van der Waals surface area contributed by atoms with Crippen molar-refractivity contribution in [3.8, 4) is 79.2 Å². The molecule has 0 saturated carbocycles. The van der Waals surface area contributed by atoms with Crippen LogP contribution in [0.3, 0.4) is 0 Å². The Balaban J connectivity index is 1.08. The third kappa shape index (κ3) is 4.68. The van der Waals surface area contributed by atoms with Crippen molar-refractivity contribution in [2.75, 3.05) is 0 Å². The molecule has 8 aromatic rings. The number of hydrogen-bond acceptors (Lipinski definition) is 4. The summed E-state index contributed by atoms with van der Waals surface area (Å²) in [6.07, 6.45) is 0. The summed E-state index contributed by atoms with van der Waals surface area (Å²) >= 11 is 0. The fourth-order valence-corrected chi connectivity index (χ4v) is 7.81.